The number of hydrogen-bond donors (Lipinski definition) is 0. The molecule has 1 aliphatic rings. The molecular formula is C13H14O4. The zero-order chi connectivity index (χ0) is 12.4. The first-order chi connectivity index (χ1) is 8.11. The quantitative estimate of drug-likeness (QED) is 0.592. The molecule has 1 fully saturated rings. The SMILES string of the molecule is COC(=O)[C@@H]1C[C@H]1c1ccc(OC(C)=O)cc1. The maximum absolute atomic E-state index is 11.3. The minimum atomic E-state index is -0.336. The summed E-state index contributed by atoms with van der Waals surface area (Å²) in [5.41, 5.74) is 1.08. The van der Waals surface area contributed by atoms with Crippen molar-refractivity contribution in [1.82, 2.24) is 0 Å². The third-order valence-corrected chi connectivity index (χ3v) is 2.86. The zero-order valence-corrected chi connectivity index (χ0v) is 9.80. The molecule has 0 aromatic heterocycles. The summed E-state index contributed by atoms with van der Waals surface area (Å²) >= 11 is 0. The molecule has 90 valence electrons. The van der Waals surface area contributed by atoms with Crippen LogP contribution in [0.15, 0.2) is 24.3 Å². The van der Waals surface area contributed by atoms with Crippen molar-refractivity contribution >= 4 is 11.9 Å². The maximum atomic E-state index is 11.3. The lowest BCUT2D eigenvalue weighted by Gasteiger charge is -2.03. The third kappa shape index (κ3) is 2.64. The van der Waals surface area contributed by atoms with Gasteiger partial charge in [-0.3, -0.25) is 9.59 Å². The lowest BCUT2D eigenvalue weighted by atomic mass is 10.1. The fourth-order valence-corrected chi connectivity index (χ4v) is 1.92. The predicted octanol–water partition coefficient (Wildman–Crippen LogP) is 1.89. The van der Waals surface area contributed by atoms with Crippen LogP contribution in [0.3, 0.4) is 0 Å². The first-order valence-corrected chi connectivity index (χ1v) is 5.48. The molecule has 0 bridgehead atoms. The highest BCUT2D eigenvalue weighted by Crippen LogP contribution is 2.48. The smallest absolute Gasteiger partial charge is 0.309 e. The second-order valence-corrected chi connectivity index (χ2v) is 4.13. The van der Waals surface area contributed by atoms with Crippen LogP contribution in [0.1, 0.15) is 24.8 Å². The molecule has 0 spiro atoms. The zero-order valence-electron chi connectivity index (χ0n) is 9.80. The molecule has 4 heteroatoms. The van der Waals surface area contributed by atoms with Crippen LogP contribution in [0, 0.1) is 5.92 Å². The Hall–Kier alpha value is -1.84. The first-order valence-electron chi connectivity index (χ1n) is 5.48. The van der Waals surface area contributed by atoms with E-state index in [9.17, 15) is 9.59 Å². The number of ether oxygens (including phenoxy) is 2. The van der Waals surface area contributed by atoms with Gasteiger partial charge >= 0.3 is 11.9 Å². The molecule has 4 nitrogen and oxygen atoms in total. The Balaban J connectivity index is 2.00. The molecule has 1 saturated carbocycles. The molecular weight excluding hydrogens is 220 g/mol. The second-order valence-electron chi connectivity index (χ2n) is 4.13. The van der Waals surface area contributed by atoms with Gasteiger partial charge in [-0.1, -0.05) is 12.1 Å². The summed E-state index contributed by atoms with van der Waals surface area (Å²) < 4.78 is 9.63. The van der Waals surface area contributed by atoms with E-state index in [0.29, 0.717) is 5.75 Å². The Morgan fingerprint density at radius 2 is 1.88 bits per heavy atom. The van der Waals surface area contributed by atoms with E-state index in [-0.39, 0.29) is 23.8 Å². The molecule has 0 N–H and O–H groups in total. The highest BCUT2D eigenvalue weighted by Gasteiger charge is 2.44. The van der Waals surface area contributed by atoms with Crippen LogP contribution >= 0.6 is 0 Å². The van der Waals surface area contributed by atoms with Crippen LogP contribution in [-0.4, -0.2) is 19.0 Å². The summed E-state index contributed by atoms with van der Waals surface area (Å²) in [7, 11) is 1.40. The molecule has 2 rings (SSSR count). The molecule has 0 aliphatic heterocycles. The van der Waals surface area contributed by atoms with E-state index < -0.39 is 0 Å². The minimum Gasteiger partial charge on any atom is -0.469 e. The minimum absolute atomic E-state index is 0.0143. The normalized spacial score (nSPS) is 21.8. The van der Waals surface area contributed by atoms with Gasteiger partial charge in [0.05, 0.1) is 13.0 Å². The van der Waals surface area contributed by atoms with Crippen molar-refractivity contribution in [3.05, 3.63) is 29.8 Å². The van der Waals surface area contributed by atoms with Gasteiger partial charge in [-0.15, -0.1) is 0 Å². The second kappa shape index (κ2) is 4.57. The van der Waals surface area contributed by atoms with Crippen molar-refractivity contribution in [1.29, 1.82) is 0 Å². The van der Waals surface area contributed by atoms with Gasteiger partial charge in [0.25, 0.3) is 0 Å². The van der Waals surface area contributed by atoms with E-state index >= 15 is 0 Å². The van der Waals surface area contributed by atoms with Gasteiger partial charge in [0.1, 0.15) is 5.75 Å². The topological polar surface area (TPSA) is 52.6 Å². The molecule has 0 saturated heterocycles. The van der Waals surface area contributed by atoms with E-state index in [0.717, 1.165) is 12.0 Å². The summed E-state index contributed by atoms with van der Waals surface area (Å²) in [6.07, 6.45) is 0.833. The van der Waals surface area contributed by atoms with Gasteiger partial charge in [0, 0.05) is 6.92 Å². The summed E-state index contributed by atoms with van der Waals surface area (Å²) in [4.78, 5) is 22.0. The molecule has 1 aromatic rings. The number of carbonyl (C=O) groups excluding carboxylic acids is 2. The maximum Gasteiger partial charge on any atom is 0.309 e. The lowest BCUT2D eigenvalue weighted by Crippen LogP contribution is -2.04. The van der Waals surface area contributed by atoms with E-state index in [1.807, 2.05) is 12.1 Å². The molecule has 2 atom stereocenters. The Labute approximate surface area is 99.5 Å². The number of hydrogen-bond acceptors (Lipinski definition) is 4. The van der Waals surface area contributed by atoms with E-state index in [1.54, 1.807) is 12.1 Å². The average Bonchev–Trinajstić information content (AvgIpc) is 3.08. The number of carbonyl (C=O) groups is 2. The van der Waals surface area contributed by atoms with Crippen molar-refractivity contribution in [2.24, 2.45) is 5.92 Å². The van der Waals surface area contributed by atoms with Gasteiger partial charge in [-0.05, 0) is 30.0 Å². The first kappa shape index (κ1) is 11.6. The van der Waals surface area contributed by atoms with E-state index in [1.165, 1.54) is 14.0 Å². The van der Waals surface area contributed by atoms with Gasteiger partial charge in [-0.2, -0.15) is 0 Å². The molecule has 0 radical (unpaired) electrons. The van der Waals surface area contributed by atoms with Gasteiger partial charge < -0.3 is 9.47 Å². The van der Waals surface area contributed by atoms with Gasteiger partial charge in [-0.25, -0.2) is 0 Å². The van der Waals surface area contributed by atoms with Crippen LogP contribution < -0.4 is 4.74 Å². The fourth-order valence-electron chi connectivity index (χ4n) is 1.92. The van der Waals surface area contributed by atoms with Crippen molar-refractivity contribution in [2.75, 3.05) is 7.11 Å². The Morgan fingerprint density at radius 1 is 1.24 bits per heavy atom. The van der Waals surface area contributed by atoms with Crippen molar-refractivity contribution in [3.63, 3.8) is 0 Å². The van der Waals surface area contributed by atoms with Crippen molar-refractivity contribution in [2.45, 2.75) is 19.3 Å². The van der Waals surface area contributed by atoms with Crippen LogP contribution in [0.2, 0.25) is 0 Å². The van der Waals surface area contributed by atoms with Crippen LogP contribution in [0.4, 0.5) is 0 Å². The monoisotopic (exact) mass is 234 g/mol. The van der Waals surface area contributed by atoms with Crippen LogP contribution in [0.25, 0.3) is 0 Å². The summed E-state index contributed by atoms with van der Waals surface area (Å²) in [5, 5.41) is 0. The standard InChI is InChI=1S/C13H14O4/c1-8(14)17-10-5-3-9(4-6-10)11-7-12(11)13(15)16-2/h3-6,11-12H,7H2,1-2H3/t11-,12+/m0/s1. The van der Waals surface area contributed by atoms with E-state index in [4.69, 9.17) is 9.47 Å². The molecule has 1 aliphatic carbocycles. The summed E-state index contributed by atoms with van der Waals surface area (Å²) in [6, 6.07) is 7.24. The summed E-state index contributed by atoms with van der Waals surface area (Å²) in [5.74, 6) is 0.264. The molecule has 1 aromatic carbocycles. The Morgan fingerprint density at radius 3 is 2.41 bits per heavy atom. The molecule has 0 heterocycles. The fraction of sp³-hybridized carbons (Fsp3) is 0.385. The molecule has 0 unspecified atom stereocenters. The van der Waals surface area contributed by atoms with Crippen LogP contribution in [-0.2, 0) is 14.3 Å². The van der Waals surface area contributed by atoms with Crippen LogP contribution in [0.5, 0.6) is 5.75 Å². The Kier molecular flexibility index (Phi) is 3.13. The van der Waals surface area contributed by atoms with Crippen molar-refractivity contribution in [3.8, 4) is 5.75 Å². The third-order valence-electron chi connectivity index (χ3n) is 2.86. The largest absolute Gasteiger partial charge is 0.469 e. The molecule has 17 heavy (non-hydrogen) atoms. The van der Waals surface area contributed by atoms with Gasteiger partial charge in [0.15, 0.2) is 0 Å². The van der Waals surface area contributed by atoms with Crippen molar-refractivity contribution < 1.29 is 19.1 Å². The van der Waals surface area contributed by atoms with Gasteiger partial charge in [0.2, 0.25) is 0 Å². The average molecular weight is 234 g/mol. The number of esters is 2. The highest BCUT2D eigenvalue weighted by atomic mass is 16.5. The number of methoxy groups -OCH3 is 1. The predicted molar refractivity (Wildman–Crippen MR) is 60.6 cm³/mol. The molecule has 0 amide bonds. The highest BCUT2D eigenvalue weighted by molar-refractivity contribution is 5.77. The number of benzene rings is 1. The summed E-state index contributed by atoms with van der Waals surface area (Å²) in [6.45, 7) is 1.36. The number of rotatable bonds is 3. The Bertz CT molecular complexity index is 435. The lowest BCUT2D eigenvalue weighted by molar-refractivity contribution is -0.142. The van der Waals surface area contributed by atoms with E-state index in [2.05, 4.69) is 0 Å².